The monoisotopic (exact) mass is 136 g/mol. The van der Waals surface area contributed by atoms with Crippen LogP contribution in [0.5, 0.6) is 0 Å². The van der Waals surface area contributed by atoms with Crippen LogP contribution in [-0.2, 0) is 0 Å². The first-order valence-electron chi connectivity index (χ1n) is 3.01. The van der Waals surface area contributed by atoms with Crippen molar-refractivity contribution in [3.63, 3.8) is 0 Å². The van der Waals surface area contributed by atoms with Crippen LogP contribution in [0.3, 0.4) is 0 Å². The van der Waals surface area contributed by atoms with Crippen LogP contribution < -0.4 is 5.43 Å². The van der Waals surface area contributed by atoms with Crippen LogP contribution in [0.15, 0.2) is 17.4 Å². The van der Waals surface area contributed by atoms with E-state index in [9.17, 15) is 0 Å². The van der Waals surface area contributed by atoms with Gasteiger partial charge < -0.3 is 5.43 Å². The van der Waals surface area contributed by atoms with E-state index in [2.05, 4.69) is 10.4 Å². The predicted octanol–water partition coefficient (Wildman–Crippen LogP) is 0.220. The summed E-state index contributed by atoms with van der Waals surface area (Å²) in [4.78, 5) is 3.86. The van der Waals surface area contributed by atoms with Gasteiger partial charge in [0.05, 0.1) is 19.0 Å². The molecule has 0 aliphatic carbocycles. The van der Waals surface area contributed by atoms with E-state index in [0.717, 1.165) is 0 Å². The van der Waals surface area contributed by atoms with Gasteiger partial charge in [0.15, 0.2) is 0 Å². The number of rotatable bonds is 2. The van der Waals surface area contributed by atoms with Crippen molar-refractivity contribution in [2.75, 3.05) is 6.54 Å². The van der Waals surface area contributed by atoms with Crippen LogP contribution in [0.4, 0.5) is 0 Å². The molecule has 0 spiro atoms. The van der Waals surface area contributed by atoms with Gasteiger partial charge in [-0.15, -0.1) is 0 Å². The lowest BCUT2D eigenvalue weighted by atomic mass is 10.5. The molecule has 0 aromatic rings. The van der Waals surface area contributed by atoms with Crippen LogP contribution in [0.25, 0.3) is 0 Å². The molecule has 1 aliphatic rings. The third-order valence-corrected chi connectivity index (χ3v) is 1.07. The second-order valence-corrected chi connectivity index (χ2v) is 1.81. The van der Waals surface area contributed by atoms with Gasteiger partial charge in [-0.1, -0.05) is 0 Å². The second kappa shape index (κ2) is 3.51. The molecular formula is C6H8N4. The van der Waals surface area contributed by atoms with Crippen molar-refractivity contribution in [3.05, 3.63) is 12.4 Å². The highest BCUT2D eigenvalue weighted by Gasteiger charge is 1.96. The lowest BCUT2D eigenvalue weighted by Crippen LogP contribution is -2.35. The molecule has 1 rings (SSSR count). The van der Waals surface area contributed by atoms with Gasteiger partial charge >= 0.3 is 0 Å². The van der Waals surface area contributed by atoms with Crippen LogP contribution in [-0.4, -0.2) is 17.9 Å². The highest BCUT2D eigenvalue weighted by atomic mass is 15.5. The molecule has 1 heterocycles. The summed E-state index contributed by atoms with van der Waals surface area (Å²) in [6.07, 6.45) is 5.53. The quantitative estimate of drug-likeness (QED) is 0.590. The van der Waals surface area contributed by atoms with Crippen molar-refractivity contribution in [1.29, 1.82) is 5.26 Å². The largest absolute Gasteiger partial charge is 0.303 e. The van der Waals surface area contributed by atoms with E-state index < -0.39 is 0 Å². The Morgan fingerprint density at radius 3 is 3.20 bits per heavy atom. The first-order chi connectivity index (χ1) is 4.93. The van der Waals surface area contributed by atoms with Crippen LogP contribution in [0.1, 0.15) is 6.42 Å². The lowest BCUT2D eigenvalue weighted by Gasteiger charge is -2.18. The highest BCUT2D eigenvalue weighted by Crippen LogP contribution is 1.87. The minimum Gasteiger partial charge on any atom is -0.303 e. The average Bonchev–Trinajstić information content (AvgIpc) is 2.03. The molecule has 0 atom stereocenters. The lowest BCUT2D eigenvalue weighted by molar-refractivity contribution is 0.372. The van der Waals surface area contributed by atoms with Gasteiger partial charge in [0.2, 0.25) is 0 Å². The molecular weight excluding hydrogens is 128 g/mol. The third kappa shape index (κ3) is 1.78. The molecule has 0 saturated heterocycles. The topological polar surface area (TPSA) is 51.4 Å². The van der Waals surface area contributed by atoms with Crippen LogP contribution in [0.2, 0.25) is 0 Å². The summed E-state index contributed by atoms with van der Waals surface area (Å²) in [5.74, 6) is 0. The Labute approximate surface area is 59.4 Å². The average molecular weight is 136 g/mol. The molecule has 10 heavy (non-hydrogen) atoms. The molecule has 1 N–H and O–H groups in total. The Morgan fingerprint density at radius 2 is 2.60 bits per heavy atom. The van der Waals surface area contributed by atoms with Crippen molar-refractivity contribution in [2.45, 2.75) is 6.42 Å². The van der Waals surface area contributed by atoms with E-state index in [0.29, 0.717) is 13.0 Å². The summed E-state index contributed by atoms with van der Waals surface area (Å²) < 4.78 is 0. The number of hydrogen-bond donors (Lipinski definition) is 1. The fourth-order valence-corrected chi connectivity index (χ4v) is 0.617. The number of nitrogens with one attached hydrogen (secondary N) is 1. The summed E-state index contributed by atoms with van der Waals surface area (Å²) >= 11 is 0. The maximum atomic E-state index is 8.23. The first-order valence-corrected chi connectivity index (χ1v) is 3.01. The smallest absolute Gasteiger partial charge is 0.109 e. The van der Waals surface area contributed by atoms with Crippen molar-refractivity contribution < 1.29 is 0 Å². The van der Waals surface area contributed by atoms with E-state index >= 15 is 0 Å². The maximum absolute atomic E-state index is 8.23. The molecule has 0 bridgehead atoms. The summed E-state index contributed by atoms with van der Waals surface area (Å²) in [5.41, 5.74) is 2.91. The van der Waals surface area contributed by atoms with Gasteiger partial charge in [0, 0.05) is 12.4 Å². The van der Waals surface area contributed by atoms with Crippen molar-refractivity contribution in [3.8, 4) is 6.07 Å². The van der Waals surface area contributed by atoms with E-state index in [1.54, 1.807) is 23.7 Å². The molecule has 0 radical (unpaired) electrons. The number of nitriles is 1. The Bertz CT molecular complexity index is 188. The maximum Gasteiger partial charge on any atom is 0.109 e. The summed E-state index contributed by atoms with van der Waals surface area (Å²) in [6, 6.07) is 2.05. The zero-order valence-electron chi connectivity index (χ0n) is 5.49. The van der Waals surface area contributed by atoms with Gasteiger partial charge in [-0.2, -0.15) is 5.26 Å². The zero-order chi connectivity index (χ0) is 7.23. The minimum absolute atomic E-state index is 0.507. The Hall–Kier alpha value is -1.50. The molecule has 4 heteroatoms. The third-order valence-electron chi connectivity index (χ3n) is 1.07. The Morgan fingerprint density at radius 1 is 1.70 bits per heavy atom. The van der Waals surface area contributed by atoms with Crippen molar-refractivity contribution in [2.24, 2.45) is 4.99 Å². The molecule has 0 aromatic carbocycles. The second-order valence-electron chi connectivity index (χ2n) is 1.81. The molecule has 0 saturated carbocycles. The SMILES string of the molecule is N#CCCN1C=NC=CN1. The van der Waals surface area contributed by atoms with Gasteiger partial charge in [-0.25, -0.2) is 4.99 Å². The van der Waals surface area contributed by atoms with Gasteiger partial charge in [0.1, 0.15) is 6.34 Å². The van der Waals surface area contributed by atoms with Gasteiger partial charge in [-0.3, -0.25) is 5.01 Å². The Balaban J connectivity index is 2.25. The highest BCUT2D eigenvalue weighted by molar-refractivity contribution is 5.56. The van der Waals surface area contributed by atoms with Gasteiger partial charge in [0.25, 0.3) is 0 Å². The standard InChI is InChI=1S/C6H8N4/c7-2-1-5-10-6-8-3-4-9-10/h3-4,6,9H,1,5H2. The number of aliphatic imine (C=N–C) groups is 1. The van der Waals surface area contributed by atoms with E-state index in [4.69, 9.17) is 5.26 Å². The summed E-state index contributed by atoms with van der Waals surface area (Å²) in [7, 11) is 0. The minimum atomic E-state index is 0.507. The number of hydrazine groups is 1. The molecule has 0 aromatic heterocycles. The molecule has 0 unspecified atom stereocenters. The molecule has 0 amide bonds. The normalized spacial score (nSPS) is 14.5. The Kier molecular flexibility index (Phi) is 2.32. The van der Waals surface area contributed by atoms with E-state index in [1.165, 1.54) is 0 Å². The molecule has 0 fully saturated rings. The zero-order valence-corrected chi connectivity index (χ0v) is 5.49. The molecule has 1 aliphatic heterocycles. The van der Waals surface area contributed by atoms with Crippen molar-refractivity contribution in [1.82, 2.24) is 10.4 Å². The van der Waals surface area contributed by atoms with Crippen LogP contribution >= 0.6 is 0 Å². The number of nitrogens with zero attached hydrogens (tertiary/aromatic N) is 3. The number of hydrogen-bond acceptors (Lipinski definition) is 4. The van der Waals surface area contributed by atoms with Crippen molar-refractivity contribution >= 4 is 6.34 Å². The summed E-state index contributed by atoms with van der Waals surface area (Å²) in [5, 5.41) is 9.98. The first kappa shape index (κ1) is 6.62. The van der Waals surface area contributed by atoms with Gasteiger partial charge in [-0.05, 0) is 0 Å². The summed E-state index contributed by atoms with van der Waals surface area (Å²) in [6.45, 7) is 0.671. The fraction of sp³-hybridized carbons (Fsp3) is 0.333. The molecule has 52 valence electrons. The van der Waals surface area contributed by atoms with E-state index in [-0.39, 0.29) is 0 Å². The molecule has 4 nitrogen and oxygen atoms in total. The van der Waals surface area contributed by atoms with Crippen LogP contribution in [0, 0.1) is 11.3 Å². The fourth-order valence-electron chi connectivity index (χ4n) is 0.617. The predicted molar refractivity (Wildman–Crippen MR) is 37.7 cm³/mol. The van der Waals surface area contributed by atoms with E-state index in [1.807, 2.05) is 6.07 Å².